The minimum atomic E-state index is -0.213. The number of ether oxygens (including phenoxy) is 1. The smallest absolute Gasteiger partial charge is 0.136 e. The van der Waals surface area contributed by atoms with Crippen molar-refractivity contribution < 1.29 is 4.74 Å². The van der Waals surface area contributed by atoms with Gasteiger partial charge in [-0.2, -0.15) is 0 Å². The van der Waals surface area contributed by atoms with E-state index in [1.165, 1.54) is 12.8 Å². The summed E-state index contributed by atoms with van der Waals surface area (Å²) in [5.41, 5.74) is 0.860. The van der Waals surface area contributed by atoms with Crippen LogP contribution in [0, 0.1) is 6.92 Å². The van der Waals surface area contributed by atoms with Gasteiger partial charge in [0.2, 0.25) is 0 Å². The van der Waals surface area contributed by atoms with Crippen molar-refractivity contribution in [1.29, 1.82) is 0 Å². The van der Waals surface area contributed by atoms with Crippen LogP contribution >= 0.6 is 0 Å². The molecular formula is C15H26N4O. The van der Waals surface area contributed by atoms with Crippen molar-refractivity contribution in [2.24, 2.45) is 0 Å². The van der Waals surface area contributed by atoms with Crippen molar-refractivity contribution in [3.63, 3.8) is 0 Å². The number of aromatic nitrogens is 2. The van der Waals surface area contributed by atoms with Crippen molar-refractivity contribution in [1.82, 2.24) is 9.97 Å². The van der Waals surface area contributed by atoms with Gasteiger partial charge in [-0.15, -0.1) is 0 Å². The second-order valence-corrected chi connectivity index (χ2v) is 6.03. The van der Waals surface area contributed by atoms with Gasteiger partial charge in [0.05, 0.1) is 5.60 Å². The van der Waals surface area contributed by atoms with E-state index in [2.05, 4.69) is 43.3 Å². The molecule has 0 bridgehead atoms. The standard InChI is InChI=1S/C15H26N4O/c1-6-16-12-10(2)13(17-9-15(3,4)20-5)19-14(18-12)11-7-8-11/h11H,6-9H2,1-5H3,(H2,16,17,18,19). The second-order valence-electron chi connectivity index (χ2n) is 6.03. The largest absolute Gasteiger partial charge is 0.377 e. The second kappa shape index (κ2) is 5.95. The molecule has 1 aromatic heterocycles. The van der Waals surface area contributed by atoms with Crippen LogP contribution in [0.25, 0.3) is 0 Å². The van der Waals surface area contributed by atoms with Crippen molar-refractivity contribution in [3.8, 4) is 0 Å². The van der Waals surface area contributed by atoms with Crippen LogP contribution in [-0.4, -0.2) is 35.8 Å². The van der Waals surface area contributed by atoms with E-state index >= 15 is 0 Å². The zero-order valence-corrected chi connectivity index (χ0v) is 13.2. The summed E-state index contributed by atoms with van der Waals surface area (Å²) in [5, 5.41) is 6.74. The summed E-state index contributed by atoms with van der Waals surface area (Å²) in [6.07, 6.45) is 2.41. The van der Waals surface area contributed by atoms with Gasteiger partial charge in [0.15, 0.2) is 0 Å². The number of rotatable bonds is 7. The lowest BCUT2D eigenvalue weighted by Crippen LogP contribution is -2.32. The maximum absolute atomic E-state index is 5.45. The van der Waals surface area contributed by atoms with Crippen molar-refractivity contribution in [2.75, 3.05) is 30.8 Å². The average molecular weight is 278 g/mol. The van der Waals surface area contributed by atoms with Crippen LogP contribution in [0.2, 0.25) is 0 Å². The Bertz CT molecular complexity index is 469. The minimum absolute atomic E-state index is 0.213. The van der Waals surface area contributed by atoms with E-state index in [1.807, 2.05) is 0 Å². The first-order chi connectivity index (χ1) is 9.46. The molecule has 0 radical (unpaired) electrons. The Morgan fingerprint density at radius 2 is 1.80 bits per heavy atom. The van der Waals surface area contributed by atoms with Gasteiger partial charge in [-0.05, 0) is 40.5 Å². The maximum Gasteiger partial charge on any atom is 0.136 e. The Balaban J connectivity index is 2.21. The molecule has 2 N–H and O–H groups in total. The van der Waals surface area contributed by atoms with Crippen LogP contribution in [0.1, 0.15) is 50.9 Å². The van der Waals surface area contributed by atoms with Crippen molar-refractivity contribution >= 4 is 11.6 Å². The lowest BCUT2D eigenvalue weighted by atomic mass is 10.1. The Kier molecular flexibility index (Phi) is 4.48. The van der Waals surface area contributed by atoms with E-state index in [1.54, 1.807) is 7.11 Å². The summed E-state index contributed by atoms with van der Waals surface area (Å²) >= 11 is 0. The molecule has 0 atom stereocenters. The van der Waals surface area contributed by atoms with E-state index in [-0.39, 0.29) is 5.60 Å². The normalized spacial score (nSPS) is 15.2. The predicted octanol–water partition coefficient (Wildman–Crippen LogP) is 2.93. The zero-order chi connectivity index (χ0) is 14.8. The van der Waals surface area contributed by atoms with E-state index < -0.39 is 0 Å². The number of hydrogen-bond donors (Lipinski definition) is 2. The molecule has 1 aliphatic carbocycles. The van der Waals surface area contributed by atoms with Crippen LogP contribution in [0.15, 0.2) is 0 Å². The molecule has 0 unspecified atom stereocenters. The van der Waals surface area contributed by atoms with E-state index in [4.69, 9.17) is 9.72 Å². The first-order valence-corrected chi connectivity index (χ1v) is 7.38. The highest BCUT2D eigenvalue weighted by molar-refractivity contribution is 5.57. The predicted molar refractivity (Wildman–Crippen MR) is 82.5 cm³/mol. The topological polar surface area (TPSA) is 59.1 Å². The van der Waals surface area contributed by atoms with Crippen LogP contribution in [0.5, 0.6) is 0 Å². The van der Waals surface area contributed by atoms with Gasteiger partial charge in [-0.3, -0.25) is 0 Å². The van der Waals surface area contributed by atoms with Gasteiger partial charge in [0, 0.05) is 31.7 Å². The van der Waals surface area contributed by atoms with Gasteiger partial charge >= 0.3 is 0 Å². The third-order valence-electron chi connectivity index (χ3n) is 3.68. The number of methoxy groups -OCH3 is 1. The highest BCUT2D eigenvalue weighted by Crippen LogP contribution is 2.39. The van der Waals surface area contributed by atoms with Gasteiger partial charge in [0.1, 0.15) is 17.5 Å². The summed E-state index contributed by atoms with van der Waals surface area (Å²) in [6, 6.07) is 0. The molecule has 0 amide bonds. The van der Waals surface area contributed by atoms with Crippen LogP contribution < -0.4 is 10.6 Å². The molecule has 0 aliphatic heterocycles. The summed E-state index contributed by atoms with van der Waals surface area (Å²) in [5.74, 6) is 3.37. The van der Waals surface area contributed by atoms with Gasteiger partial charge in [0.25, 0.3) is 0 Å². The van der Waals surface area contributed by atoms with Gasteiger partial charge < -0.3 is 15.4 Å². The van der Waals surface area contributed by atoms with E-state index in [0.29, 0.717) is 5.92 Å². The highest BCUT2D eigenvalue weighted by Gasteiger charge is 2.28. The highest BCUT2D eigenvalue weighted by atomic mass is 16.5. The molecule has 1 aromatic rings. The van der Waals surface area contributed by atoms with Gasteiger partial charge in [-0.25, -0.2) is 9.97 Å². The molecule has 1 fully saturated rings. The Morgan fingerprint density at radius 3 is 2.30 bits per heavy atom. The van der Waals surface area contributed by atoms with E-state index in [0.717, 1.165) is 36.1 Å². The van der Waals surface area contributed by atoms with E-state index in [9.17, 15) is 0 Å². The third-order valence-corrected chi connectivity index (χ3v) is 3.68. The molecular weight excluding hydrogens is 252 g/mol. The lowest BCUT2D eigenvalue weighted by molar-refractivity contribution is 0.0343. The molecule has 0 saturated heterocycles. The molecule has 1 saturated carbocycles. The molecule has 0 aromatic carbocycles. The molecule has 2 rings (SSSR count). The molecule has 112 valence electrons. The molecule has 5 heteroatoms. The van der Waals surface area contributed by atoms with Crippen LogP contribution in [0.3, 0.4) is 0 Å². The fourth-order valence-electron chi connectivity index (χ4n) is 1.94. The molecule has 1 aliphatic rings. The van der Waals surface area contributed by atoms with Gasteiger partial charge in [-0.1, -0.05) is 0 Å². The Hall–Kier alpha value is -1.36. The summed E-state index contributed by atoms with van der Waals surface area (Å²) < 4.78 is 5.45. The SMILES string of the molecule is CCNc1nc(C2CC2)nc(NCC(C)(C)OC)c1C. The average Bonchev–Trinajstić information content (AvgIpc) is 3.24. The number of nitrogens with one attached hydrogen (secondary N) is 2. The third kappa shape index (κ3) is 3.60. The molecule has 20 heavy (non-hydrogen) atoms. The monoisotopic (exact) mass is 278 g/mol. The van der Waals surface area contributed by atoms with Crippen LogP contribution in [-0.2, 0) is 4.74 Å². The molecule has 0 spiro atoms. The van der Waals surface area contributed by atoms with Crippen molar-refractivity contribution in [3.05, 3.63) is 11.4 Å². The fourth-order valence-corrected chi connectivity index (χ4v) is 1.94. The summed E-state index contributed by atoms with van der Waals surface area (Å²) in [4.78, 5) is 9.35. The molecule has 1 heterocycles. The minimum Gasteiger partial charge on any atom is -0.377 e. The Labute approximate surface area is 121 Å². The summed E-state index contributed by atoms with van der Waals surface area (Å²) in [6.45, 7) is 9.84. The number of nitrogens with zero attached hydrogens (tertiary/aromatic N) is 2. The lowest BCUT2D eigenvalue weighted by Gasteiger charge is -2.24. The Morgan fingerprint density at radius 1 is 1.20 bits per heavy atom. The number of hydrogen-bond acceptors (Lipinski definition) is 5. The molecule has 5 nitrogen and oxygen atoms in total. The van der Waals surface area contributed by atoms with Crippen LogP contribution in [0.4, 0.5) is 11.6 Å². The fraction of sp³-hybridized carbons (Fsp3) is 0.733. The zero-order valence-electron chi connectivity index (χ0n) is 13.2. The first-order valence-electron chi connectivity index (χ1n) is 7.38. The number of anilines is 2. The quantitative estimate of drug-likeness (QED) is 0.803. The maximum atomic E-state index is 5.45. The summed E-state index contributed by atoms with van der Waals surface area (Å²) in [7, 11) is 1.73. The van der Waals surface area contributed by atoms with Crippen molar-refractivity contribution in [2.45, 2.75) is 52.1 Å². The first kappa shape index (κ1) is 15.0.